The minimum atomic E-state index is -0.975. The van der Waals surface area contributed by atoms with Crippen molar-refractivity contribution in [1.29, 1.82) is 0 Å². The normalized spacial score (nSPS) is 10.6. The van der Waals surface area contributed by atoms with Crippen LogP contribution in [0.25, 0.3) is 10.9 Å². The Morgan fingerprint density at radius 2 is 1.71 bits per heavy atom. The molecule has 0 saturated carbocycles. The zero-order chi connectivity index (χ0) is 25.1. The van der Waals surface area contributed by atoms with Crippen molar-refractivity contribution in [2.45, 2.75) is 6.92 Å². The third kappa shape index (κ3) is 5.31. The van der Waals surface area contributed by atoms with Gasteiger partial charge in [0.15, 0.2) is 0 Å². The SMILES string of the molecule is COc1ccccc1NC(=O)C(=O)Nn1c(C(=O)Nc2ccc(Br)c(C)c2)cc2cc(Cl)ccc21. The maximum Gasteiger partial charge on any atom is 0.328 e. The summed E-state index contributed by atoms with van der Waals surface area (Å²) in [7, 11) is 1.46. The summed E-state index contributed by atoms with van der Waals surface area (Å²) in [6.07, 6.45) is 0. The van der Waals surface area contributed by atoms with E-state index in [1.165, 1.54) is 11.8 Å². The molecule has 0 atom stereocenters. The zero-order valence-electron chi connectivity index (χ0n) is 18.7. The molecule has 10 heteroatoms. The van der Waals surface area contributed by atoms with Crippen molar-refractivity contribution in [3.8, 4) is 5.75 Å². The Morgan fingerprint density at radius 1 is 0.943 bits per heavy atom. The fraction of sp³-hybridized carbons (Fsp3) is 0.0800. The fourth-order valence-corrected chi connectivity index (χ4v) is 3.90. The highest BCUT2D eigenvalue weighted by atomic mass is 79.9. The van der Waals surface area contributed by atoms with Crippen LogP contribution in [-0.4, -0.2) is 29.5 Å². The Bertz CT molecular complexity index is 1470. The smallest absolute Gasteiger partial charge is 0.328 e. The summed E-state index contributed by atoms with van der Waals surface area (Å²) in [6.45, 7) is 1.90. The lowest BCUT2D eigenvalue weighted by Crippen LogP contribution is -2.36. The molecule has 0 fully saturated rings. The van der Waals surface area contributed by atoms with Crippen molar-refractivity contribution < 1.29 is 19.1 Å². The van der Waals surface area contributed by atoms with Gasteiger partial charge in [0, 0.05) is 20.6 Å². The van der Waals surface area contributed by atoms with Gasteiger partial charge in [-0.2, -0.15) is 0 Å². The first kappa shape index (κ1) is 24.3. The summed E-state index contributed by atoms with van der Waals surface area (Å²) in [5, 5.41) is 6.41. The van der Waals surface area contributed by atoms with Crippen molar-refractivity contribution in [1.82, 2.24) is 4.68 Å². The number of benzene rings is 3. The first-order valence-electron chi connectivity index (χ1n) is 10.4. The van der Waals surface area contributed by atoms with Crippen LogP contribution in [0.4, 0.5) is 11.4 Å². The maximum absolute atomic E-state index is 13.2. The van der Waals surface area contributed by atoms with Gasteiger partial charge in [-0.05, 0) is 67.1 Å². The number of anilines is 2. The average molecular weight is 556 g/mol. The van der Waals surface area contributed by atoms with Crippen LogP contribution in [0.5, 0.6) is 5.75 Å². The molecule has 0 spiro atoms. The van der Waals surface area contributed by atoms with Crippen LogP contribution in [0, 0.1) is 6.92 Å². The summed E-state index contributed by atoms with van der Waals surface area (Å²) >= 11 is 9.55. The predicted molar refractivity (Wildman–Crippen MR) is 140 cm³/mol. The van der Waals surface area contributed by atoms with Crippen LogP contribution in [0.1, 0.15) is 16.1 Å². The number of nitrogens with zero attached hydrogens (tertiary/aromatic N) is 1. The van der Waals surface area contributed by atoms with Gasteiger partial charge in [0.25, 0.3) is 5.91 Å². The van der Waals surface area contributed by atoms with Crippen molar-refractivity contribution in [2.75, 3.05) is 23.2 Å². The Kier molecular flexibility index (Phi) is 7.09. The molecule has 178 valence electrons. The molecule has 0 aliphatic heterocycles. The number of aryl methyl sites for hydroxylation is 1. The molecular weight excluding hydrogens is 536 g/mol. The number of aromatic nitrogens is 1. The summed E-state index contributed by atoms with van der Waals surface area (Å²) in [5.41, 5.74) is 4.97. The van der Waals surface area contributed by atoms with Crippen LogP contribution in [-0.2, 0) is 9.59 Å². The number of nitrogens with one attached hydrogen (secondary N) is 3. The molecule has 0 radical (unpaired) electrons. The molecule has 35 heavy (non-hydrogen) atoms. The van der Waals surface area contributed by atoms with Crippen LogP contribution in [0.2, 0.25) is 5.02 Å². The van der Waals surface area contributed by atoms with Gasteiger partial charge in [-0.25, -0.2) is 4.68 Å². The minimum absolute atomic E-state index is 0.112. The zero-order valence-corrected chi connectivity index (χ0v) is 21.0. The van der Waals surface area contributed by atoms with Gasteiger partial charge in [0.1, 0.15) is 11.4 Å². The molecule has 8 nitrogen and oxygen atoms in total. The second-order valence-corrected chi connectivity index (χ2v) is 8.87. The van der Waals surface area contributed by atoms with E-state index in [4.69, 9.17) is 16.3 Å². The number of ether oxygens (including phenoxy) is 1. The van der Waals surface area contributed by atoms with Gasteiger partial charge in [-0.1, -0.05) is 39.7 Å². The van der Waals surface area contributed by atoms with Crippen molar-refractivity contribution in [2.24, 2.45) is 0 Å². The van der Waals surface area contributed by atoms with Crippen LogP contribution >= 0.6 is 27.5 Å². The highest BCUT2D eigenvalue weighted by molar-refractivity contribution is 9.10. The summed E-state index contributed by atoms with van der Waals surface area (Å²) in [4.78, 5) is 38.6. The second kappa shape index (κ2) is 10.2. The van der Waals surface area contributed by atoms with E-state index in [0.717, 1.165) is 10.0 Å². The van der Waals surface area contributed by atoms with Crippen LogP contribution in [0.15, 0.2) is 71.2 Å². The number of carbonyl (C=O) groups excluding carboxylic acids is 3. The largest absolute Gasteiger partial charge is 0.495 e. The third-order valence-corrected chi connectivity index (χ3v) is 6.31. The number of fused-ring (bicyclic) bond motifs is 1. The van der Waals surface area contributed by atoms with E-state index in [9.17, 15) is 14.4 Å². The Labute approximate surface area is 214 Å². The third-order valence-electron chi connectivity index (χ3n) is 5.19. The summed E-state index contributed by atoms with van der Waals surface area (Å²) in [6, 6.07) is 18.6. The van der Waals surface area contributed by atoms with Gasteiger partial charge in [0.05, 0.1) is 18.3 Å². The van der Waals surface area contributed by atoms with Crippen molar-refractivity contribution in [3.05, 3.63) is 87.5 Å². The second-order valence-electron chi connectivity index (χ2n) is 7.58. The molecule has 0 aliphatic rings. The standard InChI is InChI=1S/C25H20BrClN4O4/c1-14-11-17(8-9-18(14)26)28-23(32)21-13-15-12-16(27)7-10-20(15)31(21)30-25(34)24(33)29-19-5-3-4-6-22(19)35-2/h3-13H,1-2H3,(H,28,32)(H,29,33)(H,30,34). The molecule has 0 saturated heterocycles. The molecule has 3 aromatic carbocycles. The number of rotatable bonds is 5. The Hall–Kier alpha value is -3.82. The number of methoxy groups -OCH3 is 1. The molecule has 0 bridgehead atoms. The molecule has 3 N–H and O–H groups in total. The monoisotopic (exact) mass is 554 g/mol. The van der Waals surface area contributed by atoms with Crippen molar-refractivity contribution >= 4 is 67.5 Å². The number of halogens is 2. The molecule has 4 aromatic rings. The van der Waals surface area contributed by atoms with Gasteiger partial charge in [-0.3, -0.25) is 19.8 Å². The summed E-state index contributed by atoms with van der Waals surface area (Å²) < 4.78 is 7.37. The molecule has 0 unspecified atom stereocenters. The lowest BCUT2D eigenvalue weighted by Gasteiger charge is -2.14. The van der Waals surface area contributed by atoms with E-state index in [0.29, 0.717) is 33.0 Å². The number of carbonyl (C=O) groups is 3. The molecule has 1 aromatic heterocycles. The first-order valence-corrected chi connectivity index (χ1v) is 11.6. The van der Waals surface area contributed by atoms with E-state index in [1.807, 2.05) is 19.1 Å². The van der Waals surface area contributed by atoms with E-state index in [2.05, 4.69) is 32.0 Å². The summed E-state index contributed by atoms with van der Waals surface area (Å²) in [5.74, 6) is -1.99. The van der Waals surface area contributed by atoms with Gasteiger partial charge < -0.3 is 15.4 Å². The number of amides is 3. The van der Waals surface area contributed by atoms with E-state index in [1.54, 1.807) is 54.6 Å². The van der Waals surface area contributed by atoms with Crippen molar-refractivity contribution in [3.63, 3.8) is 0 Å². The van der Waals surface area contributed by atoms with E-state index >= 15 is 0 Å². The molecule has 0 aliphatic carbocycles. The molecular formula is C25H20BrClN4O4. The number of hydrogen-bond acceptors (Lipinski definition) is 4. The highest BCUT2D eigenvalue weighted by Crippen LogP contribution is 2.26. The first-order chi connectivity index (χ1) is 16.8. The van der Waals surface area contributed by atoms with Crippen LogP contribution < -0.4 is 20.8 Å². The Balaban J connectivity index is 1.63. The van der Waals surface area contributed by atoms with Gasteiger partial charge >= 0.3 is 11.8 Å². The number of para-hydroxylation sites is 2. The van der Waals surface area contributed by atoms with Crippen LogP contribution in [0.3, 0.4) is 0 Å². The highest BCUT2D eigenvalue weighted by Gasteiger charge is 2.22. The topological polar surface area (TPSA) is 101 Å². The minimum Gasteiger partial charge on any atom is -0.495 e. The fourth-order valence-electron chi connectivity index (χ4n) is 3.47. The lowest BCUT2D eigenvalue weighted by atomic mass is 10.2. The average Bonchev–Trinajstić information content (AvgIpc) is 3.19. The molecule has 4 rings (SSSR count). The van der Waals surface area contributed by atoms with E-state index < -0.39 is 17.7 Å². The Morgan fingerprint density at radius 3 is 2.46 bits per heavy atom. The predicted octanol–water partition coefficient (Wildman–Crippen LogP) is 5.34. The van der Waals surface area contributed by atoms with Gasteiger partial charge in [0.2, 0.25) is 0 Å². The van der Waals surface area contributed by atoms with E-state index in [-0.39, 0.29) is 5.69 Å². The van der Waals surface area contributed by atoms with Gasteiger partial charge in [-0.15, -0.1) is 0 Å². The quantitative estimate of drug-likeness (QED) is 0.290. The number of hydrogen-bond donors (Lipinski definition) is 3. The molecule has 3 amide bonds. The lowest BCUT2D eigenvalue weighted by molar-refractivity contribution is -0.133. The maximum atomic E-state index is 13.2. The molecule has 1 heterocycles.